The zero-order valence-corrected chi connectivity index (χ0v) is 17.6. The van der Waals surface area contributed by atoms with Gasteiger partial charge in [0.15, 0.2) is 0 Å². The van der Waals surface area contributed by atoms with Crippen molar-refractivity contribution in [1.29, 1.82) is 5.26 Å². The average molecular weight is 392 g/mol. The van der Waals surface area contributed by atoms with Crippen molar-refractivity contribution in [1.82, 2.24) is 0 Å². The van der Waals surface area contributed by atoms with Gasteiger partial charge in [0.1, 0.15) is 11.4 Å². The van der Waals surface area contributed by atoms with Crippen LogP contribution in [-0.2, 0) is 11.2 Å². The summed E-state index contributed by atoms with van der Waals surface area (Å²) < 4.78 is 11.5. The zero-order chi connectivity index (χ0) is 21.0. The summed E-state index contributed by atoms with van der Waals surface area (Å²) in [5.41, 5.74) is 3.11. The summed E-state index contributed by atoms with van der Waals surface area (Å²) in [5.74, 6) is 0.977. The van der Waals surface area contributed by atoms with Crippen LogP contribution in [0.3, 0.4) is 0 Å². The first kappa shape index (κ1) is 20.7. The van der Waals surface area contributed by atoms with Gasteiger partial charge >= 0.3 is 6.09 Å². The topological polar surface area (TPSA) is 62.6 Å². The predicted molar refractivity (Wildman–Crippen MR) is 113 cm³/mol. The number of benzene rings is 2. The van der Waals surface area contributed by atoms with E-state index in [4.69, 9.17) is 9.47 Å². The Morgan fingerprint density at radius 1 is 1.24 bits per heavy atom. The third-order valence-electron chi connectivity index (χ3n) is 4.97. The lowest BCUT2D eigenvalue weighted by molar-refractivity contribution is 0.0569. The van der Waals surface area contributed by atoms with E-state index in [1.54, 1.807) is 11.0 Å². The van der Waals surface area contributed by atoms with Crippen LogP contribution in [-0.4, -0.2) is 24.8 Å². The Balaban J connectivity index is 1.66. The fraction of sp³-hybridized carbons (Fsp3) is 0.417. The third kappa shape index (κ3) is 5.29. The second-order valence-electron chi connectivity index (χ2n) is 8.52. The summed E-state index contributed by atoms with van der Waals surface area (Å²) >= 11 is 0. The maximum atomic E-state index is 12.8. The molecule has 1 atom stereocenters. The summed E-state index contributed by atoms with van der Waals surface area (Å²) in [6.45, 7) is 8.68. The minimum Gasteiger partial charge on any atom is -0.494 e. The van der Waals surface area contributed by atoms with Gasteiger partial charge in [-0.05, 0) is 75.8 Å². The minimum atomic E-state index is -0.536. The van der Waals surface area contributed by atoms with E-state index >= 15 is 0 Å². The number of hydrogen-bond donors (Lipinski definition) is 0. The molecule has 1 aliphatic heterocycles. The van der Waals surface area contributed by atoms with Gasteiger partial charge in [-0.2, -0.15) is 5.26 Å². The predicted octanol–water partition coefficient (Wildman–Crippen LogP) is 5.25. The first-order valence-electron chi connectivity index (χ1n) is 9.99. The van der Waals surface area contributed by atoms with E-state index in [0.29, 0.717) is 24.5 Å². The molecule has 29 heavy (non-hydrogen) atoms. The lowest BCUT2D eigenvalue weighted by atomic mass is 9.90. The van der Waals surface area contributed by atoms with Crippen LogP contribution < -0.4 is 9.64 Å². The Bertz CT molecular complexity index is 924. The van der Waals surface area contributed by atoms with Crippen LogP contribution in [0.2, 0.25) is 0 Å². The van der Waals surface area contributed by atoms with Gasteiger partial charge in [-0.15, -0.1) is 0 Å². The van der Waals surface area contributed by atoms with E-state index in [-0.39, 0.29) is 12.0 Å². The number of nitrogens with zero attached hydrogens (tertiary/aromatic N) is 2. The molecule has 1 amide bonds. The number of amides is 1. The molecule has 3 rings (SSSR count). The van der Waals surface area contributed by atoms with Crippen LogP contribution in [0.4, 0.5) is 10.5 Å². The number of rotatable bonds is 4. The number of anilines is 1. The number of carbonyl (C=O) groups is 1. The summed E-state index contributed by atoms with van der Waals surface area (Å²) in [7, 11) is 0. The highest BCUT2D eigenvalue weighted by Crippen LogP contribution is 2.32. The van der Waals surface area contributed by atoms with E-state index in [0.717, 1.165) is 29.7 Å². The molecule has 0 aromatic heterocycles. The number of para-hydroxylation sites is 1. The molecule has 0 saturated heterocycles. The van der Waals surface area contributed by atoms with Gasteiger partial charge in [0.25, 0.3) is 0 Å². The Morgan fingerprint density at radius 3 is 2.72 bits per heavy atom. The molecule has 0 fully saturated rings. The standard InChI is InChI=1S/C24H28N2O3/c1-17-9-10-21(14-20(17)15-25)28-12-11-18-13-19-7-5-6-8-22(19)26(16-18)23(27)29-24(2,3)4/h5-10,14,18H,11-13,16H2,1-4H3. The summed E-state index contributed by atoms with van der Waals surface area (Å²) in [6, 6.07) is 15.7. The molecule has 0 aliphatic carbocycles. The van der Waals surface area contributed by atoms with E-state index in [2.05, 4.69) is 12.1 Å². The van der Waals surface area contributed by atoms with Gasteiger partial charge in [0.2, 0.25) is 0 Å². The number of fused-ring (bicyclic) bond motifs is 1. The van der Waals surface area contributed by atoms with Crippen molar-refractivity contribution in [2.75, 3.05) is 18.1 Å². The van der Waals surface area contributed by atoms with Crippen LogP contribution in [0, 0.1) is 24.2 Å². The quantitative estimate of drug-likeness (QED) is 0.713. The summed E-state index contributed by atoms with van der Waals surface area (Å²) in [6.07, 6.45) is 1.40. The zero-order valence-electron chi connectivity index (χ0n) is 17.6. The fourth-order valence-corrected chi connectivity index (χ4v) is 3.52. The molecular formula is C24H28N2O3. The molecule has 0 spiro atoms. The molecule has 1 heterocycles. The van der Waals surface area contributed by atoms with Crippen molar-refractivity contribution in [2.45, 2.75) is 46.1 Å². The van der Waals surface area contributed by atoms with Gasteiger partial charge in [-0.25, -0.2) is 4.79 Å². The van der Waals surface area contributed by atoms with Gasteiger partial charge in [0.05, 0.1) is 23.9 Å². The second kappa shape index (κ2) is 8.57. The van der Waals surface area contributed by atoms with Gasteiger partial charge in [-0.3, -0.25) is 4.90 Å². The Kier molecular flexibility index (Phi) is 6.12. The highest BCUT2D eigenvalue weighted by atomic mass is 16.6. The number of hydrogen-bond acceptors (Lipinski definition) is 4. The first-order valence-corrected chi connectivity index (χ1v) is 9.99. The molecule has 2 aromatic rings. The maximum Gasteiger partial charge on any atom is 0.414 e. The largest absolute Gasteiger partial charge is 0.494 e. The Morgan fingerprint density at radius 2 is 2.00 bits per heavy atom. The summed E-state index contributed by atoms with van der Waals surface area (Å²) in [5, 5.41) is 9.17. The smallest absolute Gasteiger partial charge is 0.414 e. The molecule has 0 N–H and O–H groups in total. The molecule has 0 saturated carbocycles. The number of aryl methyl sites for hydroxylation is 1. The monoisotopic (exact) mass is 392 g/mol. The molecule has 5 heteroatoms. The lowest BCUT2D eigenvalue weighted by Crippen LogP contribution is -2.43. The minimum absolute atomic E-state index is 0.276. The second-order valence-corrected chi connectivity index (χ2v) is 8.52. The highest BCUT2D eigenvalue weighted by molar-refractivity contribution is 5.89. The van der Waals surface area contributed by atoms with Crippen LogP contribution in [0.25, 0.3) is 0 Å². The lowest BCUT2D eigenvalue weighted by Gasteiger charge is -2.35. The van der Waals surface area contributed by atoms with Crippen molar-refractivity contribution in [2.24, 2.45) is 5.92 Å². The van der Waals surface area contributed by atoms with Crippen LogP contribution in [0.5, 0.6) is 5.75 Å². The van der Waals surface area contributed by atoms with Crippen molar-refractivity contribution in [3.8, 4) is 11.8 Å². The van der Waals surface area contributed by atoms with E-state index in [1.807, 2.05) is 58.0 Å². The normalized spacial score (nSPS) is 16.0. The van der Waals surface area contributed by atoms with E-state index in [9.17, 15) is 10.1 Å². The van der Waals surface area contributed by atoms with Crippen LogP contribution in [0.15, 0.2) is 42.5 Å². The van der Waals surface area contributed by atoms with Gasteiger partial charge < -0.3 is 9.47 Å². The molecule has 0 bridgehead atoms. The fourth-order valence-electron chi connectivity index (χ4n) is 3.52. The average Bonchev–Trinajstić information content (AvgIpc) is 2.67. The van der Waals surface area contributed by atoms with Crippen molar-refractivity contribution >= 4 is 11.8 Å². The molecular weight excluding hydrogens is 364 g/mol. The molecule has 5 nitrogen and oxygen atoms in total. The number of ether oxygens (including phenoxy) is 2. The van der Waals surface area contributed by atoms with Crippen LogP contribution in [0.1, 0.15) is 43.9 Å². The molecule has 2 aromatic carbocycles. The van der Waals surface area contributed by atoms with Crippen molar-refractivity contribution in [3.63, 3.8) is 0 Å². The maximum absolute atomic E-state index is 12.8. The van der Waals surface area contributed by atoms with Gasteiger partial charge in [-0.1, -0.05) is 24.3 Å². The first-order chi connectivity index (χ1) is 13.8. The Labute approximate surface area is 172 Å². The number of nitriles is 1. The molecule has 1 unspecified atom stereocenters. The highest BCUT2D eigenvalue weighted by Gasteiger charge is 2.31. The SMILES string of the molecule is Cc1ccc(OCCC2Cc3ccccc3N(C(=O)OC(C)(C)C)C2)cc1C#N. The number of carbonyl (C=O) groups excluding carboxylic acids is 1. The van der Waals surface area contributed by atoms with Gasteiger partial charge in [0, 0.05) is 6.54 Å². The molecule has 0 radical (unpaired) electrons. The van der Waals surface area contributed by atoms with E-state index in [1.165, 1.54) is 0 Å². The van der Waals surface area contributed by atoms with Crippen molar-refractivity contribution < 1.29 is 14.3 Å². The van der Waals surface area contributed by atoms with Crippen molar-refractivity contribution in [3.05, 3.63) is 59.2 Å². The van der Waals surface area contributed by atoms with Crippen LogP contribution >= 0.6 is 0 Å². The van der Waals surface area contributed by atoms with E-state index < -0.39 is 5.60 Å². The Hall–Kier alpha value is -3.00. The molecule has 152 valence electrons. The molecule has 1 aliphatic rings. The summed E-state index contributed by atoms with van der Waals surface area (Å²) in [4.78, 5) is 14.5. The third-order valence-corrected chi connectivity index (χ3v) is 4.97.